The standard InChI is InChI=1S/C17H22N8O/c1-12-8-13(2)25(21-12)16-9-15(18-11-19-16)24-6-4-23(5-7-24)10-17-20-14(3)22-26-17/h8-9,11H,4-7,10H2,1-3H3. The lowest BCUT2D eigenvalue weighted by molar-refractivity contribution is 0.215. The molecule has 26 heavy (non-hydrogen) atoms. The fraction of sp³-hybridized carbons (Fsp3) is 0.471. The van der Waals surface area contributed by atoms with Gasteiger partial charge in [-0.1, -0.05) is 5.16 Å². The van der Waals surface area contributed by atoms with Gasteiger partial charge in [0.05, 0.1) is 12.2 Å². The van der Waals surface area contributed by atoms with Crippen molar-refractivity contribution in [1.29, 1.82) is 0 Å². The lowest BCUT2D eigenvalue weighted by atomic mass is 10.3. The number of aromatic nitrogens is 6. The smallest absolute Gasteiger partial charge is 0.240 e. The Morgan fingerprint density at radius 3 is 2.42 bits per heavy atom. The van der Waals surface area contributed by atoms with Gasteiger partial charge in [-0.15, -0.1) is 0 Å². The van der Waals surface area contributed by atoms with E-state index >= 15 is 0 Å². The number of rotatable bonds is 4. The van der Waals surface area contributed by atoms with E-state index in [0.717, 1.165) is 49.2 Å². The second kappa shape index (κ2) is 6.83. The molecule has 1 fully saturated rings. The molecule has 0 aromatic carbocycles. The summed E-state index contributed by atoms with van der Waals surface area (Å²) >= 11 is 0. The van der Waals surface area contributed by atoms with Gasteiger partial charge in [0.2, 0.25) is 5.89 Å². The first kappa shape index (κ1) is 16.6. The first-order valence-electron chi connectivity index (χ1n) is 8.70. The molecule has 1 aliphatic rings. The van der Waals surface area contributed by atoms with E-state index in [9.17, 15) is 0 Å². The van der Waals surface area contributed by atoms with E-state index in [1.165, 1.54) is 0 Å². The lowest BCUT2D eigenvalue weighted by Crippen LogP contribution is -2.46. The lowest BCUT2D eigenvalue weighted by Gasteiger charge is -2.34. The number of hydrogen-bond donors (Lipinski definition) is 0. The van der Waals surface area contributed by atoms with Crippen LogP contribution < -0.4 is 4.90 Å². The predicted molar refractivity (Wildman–Crippen MR) is 95.2 cm³/mol. The van der Waals surface area contributed by atoms with Crippen molar-refractivity contribution in [3.8, 4) is 5.82 Å². The molecular weight excluding hydrogens is 332 g/mol. The molecule has 4 heterocycles. The van der Waals surface area contributed by atoms with Crippen molar-refractivity contribution < 1.29 is 4.52 Å². The molecule has 0 N–H and O–H groups in total. The van der Waals surface area contributed by atoms with Gasteiger partial charge >= 0.3 is 0 Å². The minimum atomic E-state index is 0.671. The molecular formula is C17H22N8O. The monoisotopic (exact) mass is 354 g/mol. The zero-order chi connectivity index (χ0) is 18.1. The highest BCUT2D eigenvalue weighted by molar-refractivity contribution is 5.44. The Bertz CT molecular complexity index is 894. The highest BCUT2D eigenvalue weighted by atomic mass is 16.5. The van der Waals surface area contributed by atoms with Gasteiger partial charge in [-0.05, 0) is 26.8 Å². The third-order valence-corrected chi connectivity index (χ3v) is 4.49. The molecule has 9 nitrogen and oxygen atoms in total. The maximum atomic E-state index is 5.21. The van der Waals surface area contributed by atoms with E-state index in [4.69, 9.17) is 4.52 Å². The van der Waals surface area contributed by atoms with E-state index in [0.29, 0.717) is 18.3 Å². The number of anilines is 1. The van der Waals surface area contributed by atoms with Gasteiger partial charge < -0.3 is 9.42 Å². The van der Waals surface area contributed by atoms with Crippen LogP contribution in [0.5, 0.6) is 0 Å². The second-order valence-corrected chi connectivity index (χ2v) is 6.57. The van der Waals surface area contributed by atoms with E-state index < -0.39 is 0 Å². The highest BCUT2D eigenvalue weighted by Gasteiger charge is 2.20. The maximum Gasteiger partial charge on any atom is 0.240 e. The van der Waals surface area contributed by atoms with Gasteiger partial charge in [-0.3, -0.25) is 4.90 Å². The minimum absolute atomic E-state index is 0.671. The zero-order valence-corrected chi connectivity index (χ0v) is 15.3. The summed E-state index contributed by atoms with van der Waals surface area (Å²) in [5.41, 5.74) is 2.04. The maximum absolute atomic E-state index is 5.21. The van der Waals surface area contributed by atoms with Crippen molar-refractivity contribution in [3.05, 3.63) is 41.6 Å². The molecule has 0 bridgehead atoms. The van der Waals surface area contributed by atoms with Crippen LogP contribution in [0, 0.1) is 20.8 Å². The number of piperazine rings is 1. The van der Waals surface area contributed by atoms with E-state index in [1.54, 1.807) is 6.33 Å². The number of nitrogens with zero attached hydrogens (tertiary/aromatic N) is 8. The zero-order valence-electron chi connectivity index (χ0n) is 15.3. The van der Waals surface area contributed by atoms with Crippen molar-refractivity contribution in [2.45, 2.75) is 27.3 Å². The summed E-state index contributed by atoms with van der Waals surface area (Å²) in [4.78, 5) is 17.7. The van der Waals surface area contributed by atoms with Crippen LogP contribution in [0.4, 0.5) is 5.82 Å². The molecule has 0 amide bonds. The Labute approximate surface area is 151 Å². The molecule has 9 heteroatoms. The van der Waals surface area contributed by atoms with Crippen LogP contribution in [0.15, 0.2) is 23.0 Å². The quantitative estimate of drug-likeness (QED) is 0.692. The first-order chi connectivity index (χ1) is 12.6. The molecule has 0 saturated carbocycles. The van der Waals surface area contributed by atoms with E-state index in [-0.39, 0.29) is 0 Å². The summed E-state index contributed by atoms with van der Waals surface area (Å²) in [7, 11) is 0. The van der Waals surface area contributed by atoms with Crippen LogP contribution in [0.25, 0.3) is 5.82 Å². The van der Waals surface area contributed by atoms with Crippen LogP contribution >= 0.6 is 0 Å². The summed E-state index contributed by atoms with van der Waals surface area (Å²) < 4.78 is 7.07. The van der Waals surface area contributed by atoms with Crippen LogP contribution in [0.1, 0.15) is 23.1 Å². The Hall–Kier alpha value is -2.81. The van der Waals surface area contributed by atoms with Crippen molar-refractivity contribution in [2.24, 2.45) is 0 Å². The molecule has 1 saturated heterocycles. The number of aryl methyl sites for hydroxylation is 3. The van der Waals surface area contributed by atoms with Gasteiger partial charge in [0.1, 0.15) is 12.1 Å². The molecule has 0 unspecified atom stereocenters. The first-order valence-corrected chi connectivity index (χ1v) is 8.70. The second-order valence-electron chi connectivity index (χ2n) is 6.57. The third-order valence-electron chi connectivity index (χ3n) is 4.49. The highest BCUT2D eigenvalue weighted by Crippen LogP contribution is 2.18. The van der Waals surface area contributed by atoms with Crippen molar-refractivity contribution in [2.75, 3.05) is 31.1 Å². The molecule has 0 atom stereocenters. The topological polar surface area (TPSA) is 89.0 Å². The molecule has 0 aliphatic carbocycles. The van der Waals surface area contributed by atoms with Crippen LogP contribution in [0.3, 0.4) is 0 Å². The predicted octanol–water partition coefficient (Wildman–Crippen LogP) is 1.29. The molecule has 0 spiro atoms. The molecule has 1 aliphatic heterocycles. The summed E-state index contributed by atoms with van der Waals surface area (Å²) in [5.74, 6) is 3.07. The van der Waals surface area contributed by atoms with Crippen molar-refractivity contribution in [3.63, 3.8) is 0 Å². The van der Waals surface area contributed by atoms with Crippen molar-refractivity contribution in [1.82, 2.24) is 34.8 Å². The third kappa shape index (κ3) is 3.43. The fourth-order valence-corrected chi connectivity index (χ4v) is 3.22. The fourth-order valence-electron chi connectivity index (χ4n) is 3.22. The molecule has 3 aromatic rings. The molecule has 4 rings (SSSR count). The number of hydrogen-bond acceptors (Lipinski definition) is 8. The average molecular weight is 354 g/mol. The van der Waals surface area contributed by atoms with Crippen LogP contribution in [-0.2, 0) is 6.54 Å². The summed E-state index contributed by atoms with van der Waals surface area (Å²) in [6.45, 7) is 10.1. The summed E-state index contributed by atoms with van der Waals surface area (Å²) in [6.07, 6.45) is 1.61. The van der Waals surface area contributed by atoms with Gasteiger partial charge in [0, 0.05) is 37.9 Å². The Morgan fingerprint density at radius 2 is 1.77 bits per heavy atom. The minimum Gasteiger partial charge on any atom is -0.354 e. The largest absolute Gasteiger partial charge is 0.354 e. The molecule has 0 radical (unpaired) electrons. The Morgan fingerprint density at radius 1 is 1.00 bits per heavy atom. The van der Waals surface area contributed by atoms with Crippen molar-refractivity contribution >= 4 is 5.82 Å². The average Bonchev–Trinajstić information content (AvgIpc) is 3.20. The Kier molecular flexibility index (Phi) is 4.37. The molecule has 3 aromatic heterocycles. The summed E-state index contributed by atoms with van der Waals surface area (Å²) in [6, 6.07) is 4.04. The Balaban J connectivity index is 1.43. The van der Waals surface area contributed by atoms with Gasteiger partial charge in [0.25, 0.3) is 0 Å². The normalized spacial score (nSPS) is 15.6. The SMILES string of the molecule is Cc1cc(C)n(-c2cc(N3CCN(Cc4nc(C)no4)CC3)ncn2)n1. The van der Waals surface area contributed by atoms with Gasteiger partial charge in [0.15, 0.2) is 11.6 Å². The van der Waals surface area contributed by atoms with Crippen LogP contribution in [0.2, 0.25) is 0 Å². The van der Waals surface area contributed by atoms with Crippen LogP contribution in [-0.4, -0.2) is 61.0 Å². The molecule has 136 valence electrons. The van der Waals surface area contributed by atoms with E-state index in [1.807, 2.05) is 37.6 Å². The van der Waals surface area contributed by atoms with E-state index in [2.05, 4.69) is 35.0 Å². The van der Waals surface area contributed by atoms with Gasteiger partial charge in [-0.25, -0.2) is 14.6 Å². The van der Waals surface area contributed by atoms with Gasteiger partial charge in [-0.2, -0.15) is 10.1 Å². The summed E-state index contributed by atoms with van der Waals surface area (Å²) in [5, 5.41) is 8.35.